The fourth-order valence-electron chi connectivity index (χ4n) is 2.80. The minimum Gasteiger partial charge on any atom is -0.485 e. The fourth-order valence-corrected chi connectivity index (χ4v) is 2.80. The number of rotatable bonds is 4. The number of carbonyl (C=O) groups is 2. The van der Waals surface area contributed by atoms with Gasteiger partial charge in [-0.15, -0.1) is 0 Å². The number of fused-ring (bicyclic) bond motifs is 1. The van der Waals surface area contributed by atoms with E-state index in [1.54, 1.807) is 18.2 Å². The number of nitrogens with one attached hydrogen (secondary N) is 1. The van der Waals surface area contributed by atoms with Crippen molar-refractivity contribution in [3.8, 4) is 11.5 Å². The van der Waals surface area contributed by atoms with Gasteiger partial charge in [0.05, 0.1) is 0 Å². The predicted molar refractivity (Wildman–Crippen MR) is 101 cm³/mol. The molecule has 1 atom stereocenters. The minimum absolute atomic E-state index is 0.0460. The maximum absolute atomic E-state index is 12.2. The van der Waals surface area contributed by atoms with Gasteiger partial charge in [-0.3, -0.25) is 4.79 Å². The first kappa shape index (κ1) is 18.8. The van der Waals surface area contributed by atoms with Crippen molar-refractivity contribution in [1.82, 2.24) is 0 Å². The maximum atomic E-state index is 12.2. The summed E-state index contributed by atoms with van der Waals surface area (Å²) < 4.78 is 16.2. The van der Waals surface area contributed by atoms with Crippen LogP contribution >= 0.6 is 0 Å². The van der Waals surface area contributed by atoms with E-state index < -0.39 is 24.6 Å². The molecule has 1 aliphatic heterocycles. The Hall–Kier alpha value is -3.02. The van der Waals surface area contributed by atoms with Crippen molar-refractivity contribution < 1.29 is 23.8 Å². The molecule has 6 heteroatoms. The van der Waals surface area contributed by atoms with E-state index in [4.69, 9.17) is 14.2 Å². The van der Waals surface area contributed by atoms with Gasteiger partial charge in [0.15, 0.2) is 18.1 Å². The molecule has 27 heavy (non-hydrogen) atoms. The Morgan fingerprint density at radius 2 is 1.74 bits per heavy atom. The van der Waals surface area contributed by atoms with Crippen LogP contribution in [-0.2, 0) is 19.7 Å². The van der Waals surface area contributed by atoms with Crippen LogP contribution < -0.4 is 14.8 Å². The van der Waals surface area contributed by atoms with Crippen LogP contribution in [0.15, 0.2) is 48.5 Å². The molecule has 0 aliphatic carbocycles. The molecule has 0 unspecified atom stereocenters. The zero-order valence-electron chi connectivity index (χ0n) is 15.7. The summed E-state index contributed by atoms with van der Waals surface area (Å²) in [6, 6.07) is 14.6. The first-order chi connectivity index (χ1) is 12.8. The van der Waals surface area contributed by atoms with Crippen LogP contribution in [0, 0.1) is 0 Å². The fraction of sp³-hybridized carbons (Fsp3) is 0.333. The smallest absolute Gasteiger partial charge is 0.351 e. The minimum atomic E-state index is -0.894. The molecule has 0 bridgehead atoms. The quantitative estimate of drug-likeness (QED) is 0.837. The van der Waals surface area contributed by atoms with Gasteiger partial charge in [-0.1, -0.05) is 51.1 Å². The predicted octanol–water partition coefficient (Wildman–Crippen LogP) is 3.31. The van der Waals surface area contributed by atoms with Crippen molar-refractivity contribution >= 4 is 17.6 Å². The molecule has 0 radical (unpaired) electrons. The van der Waals surface area contributed by atoms with Crippen LogP contribution in [0.4, 0.5) is 5.69 Å². The van der Waals surface area contributed by atoms with Gasteiger partial charge in [-0.25, -0.2) is 4.79 Å². The molecule has 3 rings (SSSR count). The lowest BCUT2D eigenvalue weighted by molar-refractivity contribution is -0.156. The van der Waals surface area contributed by atoms with Gasteiger partial charge in [-0.2, -0.15) is 0 Å². The third kappa shape index (κ3) is 4.58. The van der Waals surface area contributed by atoms with Crippen molar-refractivity contribution in [2.24, 2.45) is 0 Å². The molecular weight excluding hydrogens is 346 g/mol. The molecule has 1 heterocycles. The van der Waals surface area contributed by atoms with Crippen molar-refractivity contribution in [3.05, 3.63) is 54.1 Å². The molecule has 0 fully saturated rings. The molecule has 1 N–H and O–H groups in total. The third-order valence-corrected chi connectivity index (χ3v) is 4.13. The van der Waals surface area contributed by atoms with E-state index in [0.717, 1.165) is 5.56 Å². The van der Waals surface area contributed by atoms with Gasteiger partial charge in [0.2, 0.25) is 6.10 Å². The Kier molecular flexibility index (Phi) is 5.35. The molecule has 2 aromatic carbocycles. The summed E-state index contributed by atoms with van der Waals surface area (Å²) >= 11 is 0. The standard InChI is InChI=1S/C21H23NO5/c1-21(2,3)14-8-4-5-9-15(14)22-19(23)13-26-20(24)18-12-25-16-10-6-7-11-17(16)27-18/h4-11,18H,12-13H2,1-3H3,(H,22,23)/t18-/m0/s1. The van der Waals surface area contributed by atoms with Gasteiger partial charge in [0.1, 0.15) is 6.61 Å². The molecule has 0 saturated heterocycles. The largest absolute Gasteiger partial charge is 0.485 e. The van der Waals surface area contributed by atoms with E-state index in [1.165, 1.54) is 0 Å². The van der Waals surface area contributed by atoms with E-state index in [0.29, 0.717) is 17.2 Å². The average molecular weight is 369 g/mol. The summed E-state index contributed by atoms with van der Waals surface area (Å²) in [5.41, 5.74) is 1.59. The first-order valence-corrected chi connectivity index (χ1v) is 8.79. The van der Waals surface area contributed by atoms with E-state index in [-0.39, 0.29) is 12.0 Å². The normalized spacial score (nSPS) is 15.7. The van der Waals surface area contributed by atoms with Crippen LogP contribution in [0.5, 0.6) is 11.5 Å². The van der Waals surface area contributed by atoms with Crippen molar-refractivity contribution in [1.29, 1.82) is 0 Å². The van der Waals surface area contributed by atoms with Gasteiger partial charge < -0.3 is 19.5 Å². The number of benzene rings is 2. The SMILES string of the molecule is CC(C)(C)c1ccccc1NC(=O)COC(=O)[C@@H]1COc2ccccc2O1. The zero-order chi connectivity index (χ0) is 19.4. The topological polar surface area (TPSA) is 73.9 Å². The Balaban J connectivity index is 1.55. The number of anilines is 1. The summed E-state index contributed by atoms with van der Waals surface area (Å²) in [6.45, 7) is 5.85. The lowest BCUT2D eigenvalue weighted by Crippen LogP contribution is -2.39. The van der Waals surface area contributed by atoms with Crippen LogP contribution in [0.25, 0.3) is 0 Å². The highest BCUT2D eigenvalue weighted by atomic mass is 16.6. The molecule has 6 nitrogen and oxygen atoms in total. The lowest BCUT2D eigenvalue weighted by atomic mass is 9.86. The second-order valence-electron chi connectivity index (χ2n) is 7.32. The van der Waals surface area contributed by atoms with E-state index >= 15 is 0 Å². The second kappa shape index (κ2) is 7.70. The van der Waals surface area contributed by atoms with E-state index in [9.17, 15) is 9.59 Å². The highest BCUT2D eigenvalue weighted by Gasteiger charge is 2.29. The van der Waals surface area contributed by atoms with Crippen molar-refractivity contribution in [2.75, 3.05) is 18.5 Å². The summed E-state index contributed by atoms with van der Waals surface area (Å²) in [7, 11) is 0. The van der Waals surface area contributed by atoms with Gasteiger partial charge in [-0.05, 0) is 29.2 Å². The van der Waals surface area contributed by atoms with E-state index in [2.05, 4.69) is 26.1 Å². The summed E-state index contributed by atoms with van der Waals surface area (Å²) in [5, 5.41) is 2.80. The molecule has 1 amide bonds. The number of hydrogen-bond acceptors (Lipinski definition) is 5. The number of carbonyl (C=O) groups excluding carboxylic acids is 2. The molecule has 2 aromatic rings. The number of esters is 1. The Morgan fingerprint density at radius 3 is 2.48 bits per heavy atom. The van der Waals surface area contributed by atoms with Crippen LogP contribution in [-0.4, -0.2) is 31.2 Å². The molecule has 1 aliphatic rings. The summed E-state index contributed by atoms with van der Waals surface area (Å²) in [5.74, 6) is 0.0215. The zero-order valence-corrected chi connectivity index (χ0v) is 15.7. The number of amides is 1. The molecule has 0 spiro atoms. The van der Waals surface area contributed by atoms with Crippen LogP contribution in [0.1, 0.15) is 26.3 Å². The number of ether oxygens (including phenoxy) is 3. The summed E-state index contributed by atoms with van der Waals surface area (Å²) in [4.78, 5) is 24.4. The Bertz CT molecular complexity index is 840. The average Bonchev–Trinajstić information content (AvgIpc) is 2.65. The van der Waals surface area contributed by atoms with Crippen LogP contribution in [0.2, 0.25) is 0 Å². The van der Waals surface area contributed by atoms with Crippen molar-refractivity contribution in [2.45, 2.75) is 32.3 Å². The van der Waals surface area contributed by atoms with Gasteiger partial charge in [0, 0.05) is 5.69 Å². The van der Waals surface area contributed by atoms with E-state index in [1.807, 2.05) is 30.3 Å². The molecule has 0 aromatic heterocycles. The van der Waals surface area contributed by atoms with Crippen LogP contribution in [0.3, 0.4) is 0 Å². The van der Waals surface area contributed by atoms with Gasteiger partial charge in [0.25, 0.3) is 5.91 Å². The highest BCUT2D eigenvalue weighted by molar-refractivity contribution is 5.94. The van der Waals surface area contributed by atoms with Gasteiger partial charge >= 0.3 is 5.97 Å². The summed E-state index contributed by atoms with van der Waals surface area (Å²) in [6.07, 6.45) is -0.894. The molecule has 0 saturated carbocycles. The Morgan fingerprint density at radius 1 is 1.07 bits per heavy atom. The highest BCUT2D eigenvalue weighted by Crippen LogP contribution is 2.31. The van der Waals surface area contributed by atoms with Crippen molar-refractivity contribution in [3.63, 3.8) is 0 Å². The maximum Gasteiger partial charge on any atom is 0.351 e. The number of para-hydroxylation sites is 3. The monoisotopic (exact) mass is 369 g/mol. The Labute approximate surface area is 158 Å². The third-order valence-electron chi connectivity index (χ3n) is 4.13. The number of hydrogen-bond donors (Lipinski definition) is 1. The first-order valence-electron chi connectivity index (χ1n) is 8.79. The molecular formula is C21H23NO5. The second-order valence-corrected chi connectivity index (χ2v) is 7.32. The molecule has 142 valence electrons. The lowest BCUT2D eigenvalue weighted by Gasteiger charge is -2.25.